The van der Waals surface area contributed by atoms with E-state index in [2.05, 4.69) is 116 Å². The molecule has 4 aromatic carbocycles. The lowest BCUT2D eigenvalue weighted by atomic mass is 10.0. The highest BCUT2D eigenvalue weighted by Gasteiger charge is 2.01. The molecular formula is C26H23N. The predicted octanol–water partition coefficient (Wildman–Crippen LogP) is 7.38. The molecule has 4 rings (SSSR count). The number of benzene rings is 4. The van der Waals surface area contributed by atoms with Gasteiger partial charge in [0.25, 0.3) is 0 Å². The van der Waals surface area contributed by atoms with Crippen molar-refractivity contribution in [1.82, 2.24) is 0 Å². The fourth-order valence-electron chi connectivity index (χ4n) is 3.31. The van der Waals surface area contributed by atoms with Crippen molar-refractivity contribution in [3.8, 4) is 22.3 Å². The average molecular weight is 349 g/mol. The minimum absolute atomic E-state index is 1.09. The summed E-state index contributed by atoms with van der Waals surface area (Å²) in [5.74, 6) is 0. The third-order valence-corrected chi connectivity index (χ3v) is 4.76. The maximum Gasteiger partial charge on any atom is 0.0384 e. The van der Waals surface area contributed by atoms with Crippen molar-refractivity contribution >= 4 is 11.4 Å². The second-order valence-corrected chi connectivity index (χ2v) is 7.02. The second-order valence-electron chi connectivity index (χ2n) is 7.02. The number of aryl methyl sites for hydroxylation is 2. The van der Waals surface area contributed by atoms with E-state index in [9.17, 15) is 0 Å². The molecule has 0 radical (unpaired) electrons. The molecule has 4 aromatic rings. The van der Waals surface area contributed by atoms with Crippen LogP contribution in [0.15, 0.2) is 97.1 Å². The van der Waals surface area contributed by atoms with Crippen molar-refractivity contribution in [2.24, 2.45) is 0 Å². The molecule has 1 nitrogen and oxygen atoms in total. The highest BCUT2D eigenvalue weighted by molar-refractivity contribution is 5.71. The second kappa shape index (κ2) is 7.51. The molecule has 0 aliphatic heterocycles. The normalized spacial score (nSPS) is 10.6. The maximum absolute atomic E-state index is 3.48. The lowest BCUT2D eigenvalue weighted by molar-refractivity contribution is 1.46. The molecular weight excluding hydrogens is 326 g/mol. The first-order valence-corrected chi connectivity index (χ1v) is 9.29. The van der Waals surface area contributed by atoms with Crippen LogP contribution >= 0.6 is 0 Å². The quantitative estimate of drug-likeness (QED) is 0.405. The Morgan fingerprint density at radius 3 is 1.22 bits per heavy atom. The van der Waals surface area contributed by atoms with Gasteiger partial charge in [-0.05, 0) is 60.4 Å². The van der Waals surface area contributed by atoms with E-state index in [1.54, 1.807) is 0 Å². The maximum atomic E-state index is 3.48. The van der Waals surface area contributed by atoms with E-state index in [-0.39, 0.29) is 0 Å². The largest absolute Gasteiger partial charge is 0.356 e. The number of nitrogens with one attached hydrogen (secondary N) is 1. The van der Waals surface area contributed by atoms with Crippen LogP contribution in [0.5, 0.6) is 0 Å². The molecule has 0 atom stereocenters. The molecule has 132 valence electrons. The summed E-state index contributed by atoms with van der Waals surface area (Å²) in [5.41, 5.74) is 9.72. The summed E-state index contributed by atoms with van der Waals surface area (Å²) in [6.45, 7) is 4.25. The van der Waals surface area contributed by atoms with Crippen LogP contribution in [0.3, 0.4) is 0 Å². The lowest BCUT2D eigenvalue weighted by Gasteiger charge is -2.10. The Bertz CT molecular complexity index is 957. The van der Waals surface area contributed by atoms with Gasteiger partial charge < -0.3 is 5.32 Å². The van der Waals surface area contributed by atoms with Gasteiger partial charge in [0.2, 0.25) is 0 Å². The zero-order valence-corrected chi connectivity index (χ0v) is 15.7. The molecule has 0 aliphatic rings. The van der Waals surface area contributed by atoms with Crippen LogP contribution in [-0.4, -0.2) is 0 Å². The number of rotatable bonds is 4. The third kappa shape index (κ3) is 4.09. The van der Waals surface area contributed by atoms with Crippen LogP contribution in [-0.2, 0) is 0 Å². The van der Waals surface area contributed by atoms with Gasteiger partial charge in [-0.15, -0.1) is 0 Å². The Hall–Kier alpha value is -3.32. The van der Waals surface area contributed by atoms with Gasteiger partial charge in [0, 0.05) is 11.4 Å². The van der Waals surface area contributed by atoms with Gasteiger partial charge in [0.1, 0.15) is 0 Å². The first-order chi connectivity index (χ1) is 13.2. The Balaban J connectivity index is 1.49. The summed E-state index contributed by atoms with van der Waals surface area (Å²) >= 11 is 0. The van der Waals surface area contributed by atoms with E-state index >= 15 is 0 Å². The standard InChI is InChI=1S/C26H23N/c1-19-5-3-7-23(17-19)21-9-13-25(14-10-21)27-26-15-11-22(12-16-26)24-8-4-6-20(2)18-24/h3-18,27H,1-2H3. The van der Waals surface area contributed by atoms with Crippen LogP contribution in [0.2, 0.25) is 0 Å². The van der Waals surface area contributed by atoms with E-state index in [1.807, 2.05) is 0 Å². The molecule has 0 aliphatic carbocycles. The topological polar surface area (TPSA) is 12.0 Å². The molecule has 0 unspecified atom stereocenters. The van der Waals surface area contributed by atoms with Crippen molar-refractivity contribution in [2.75, 3.05) is 5.32 Å². The van der Waals surface area contributed by atoms with Crippen molar-refractivity contribution < 1.29 is 0 Å². The molecule has 0 aromatic heterocycles. The number of hydrogen-bond acceptors (Lipinski definition) is 1. The zero-order valence-electron chi connectivity index (χ0n) is 15.7. The van der Waals surface area contributed by atoms with Gasteiger partial charge in [-0.2, -0.15) is 0 Å². The van der Waals surface area contributed by atoms with E-state index in [4.69, 9.17) is 0 Å². The summed E-state index contributed by atoms with van der Waals surface area (Å²) in [6.07, 6.45) is 0. The zero-order chi connectivity index (χ0) is 18.6. The van der Waals surface area contributed by atoms with Gasteiger partial charge in [-0.3, -0.25) is 0 Å². The first-order valence-electron chi connectivity index (χ1n) is 9.29. The molecule has 27 heavy (non-hydrogen) atoms. The van der Waals surface area contributed by atoms with E-state index in [1.165, 1.54) is 33.4 Å². The Morgan fingerprint density at radius 2 is 0.852 bits per heavy atom. The van der Waals surface area contributed by atoms with Crippen LogP contribution in [0.25, 0.3) is 22.3 Å². The molecule has 0 saturated carbocycles. The Kier molecular flexibility index (Phi) is 4.76. The molecule has 0 spiro atoms. The van der Waals surface area contributed by atoms with Crippen LogP contribution < -0.4 is 5.32 Å². The fraction of sp³-hybridized carbons (Fsp3) is 0.0769. The van der Waals surface area contributed by atoms with Crippen LogP contribution in [0, 0.1) is 13.8 Å². The SMILES string of the molecule is Cc1cccc(-c2ccc(Nc3ccc(-c4cccc(C)c4)cc3)cc2)c1. The molecule has 0 saturated heterocycles. The van der Waals surface area contributed by atoms with Crippen LogP contribution in [0.1, 0.15) is 11.1 Å². The van der Waals surface area contributed by atoms with Crippen molar-refractivity contribution in [3.63, 3.8) is 0 Å². The number of hydrogen-bond donors (Lipinski definition) is 1. The van der Waals surface area contributed by atoms with Gasteiger partial charge in [0.05, 0.1) is 0 Å². The fourth-order valence-corrected chi connectivity index (χ4v) is 3.31. The summed E-state index contributed by atoms with van der Waals surface area (Å²) in [7, 11) is 0. The molecule has 1 heteroatoms. The lowest BCUT2D eigenvalue weighted by Crippen LogP contribution is -1.90. The van der Waals surface area contributed by atoms with Crippen molar-refractivity contribution in [1.29, 1.82) is 0 Å². The summed E-state index contributed by atoms with van der Waals surface area (Å²) in [4.78, 5) is 0. The molecule has 0 amide bonds. The smallest absolute Gasteiger partial charge is 0.0384 e. The van der Waals surface area contributed by atoms with Gasteiger partial charge in [-0.1, -0.05) is 83.9 Å². The average Bonchev–Trinajstić information content (AvgIpc) is 2.69. The third-order valence-electron chi connectivity index (χ3n) is 4.76. The summed E-state index contributed by atoms with van der Waals surface area (Å²) < 4.78 is 0. The van der Waals surface area contributed by atoms with E-state index < -0.39 is 0 Å². The predicted molar refractivity (Wildman–Crippen MR) is 117 cm³/mol. The first kappa shape index (κ1) is 17.1. The molecule has 0 fully saturated rings. The number of anilines is 2. The van der Waals surface area contributed by atoms with Crippen molar-refractivity contribution in [3.05, 3.63) is 108 Å². The van der Waals surface area contributed by atoms with Crippen molar-refractivity contribution in [2.45, 2.75) is 13.8 Å². The summed E-state index contributed by atoms with van der Waals surface area (Å²) in [5, 5.41) is 3.48. The van der Waals surface area contributed by atoms with E-state index in [0.29, 0.717) is 0 Å². The highest BCUT2D eigenvalue weighted by atomic mass is 14.9. The monoisotopic (exact) mass is 349 g/mol. The Morgan fingerprint density at radius 1 is 0.444 bits per heavy atom. The van der Waals surface area contributed by atoms with Gasteiger partial charge in [0.15, 0.2) is 0 Å². The minimum Gasteiger partial charge on any atom is -0.356 e. The Labute approximate surface area is 161 Å². The van der Waals surface area contributed by atoms with E-state index in [0.717, 1.165) is 11.4 Å². The molecule has 0 heterocycles. The van der Waals surface area contributed by atoms with Gasteiger partial charge in [-0.25, -0.2) is 0 Å². The molecule has 1 N–H and O–H groups in total. The van der Waals surface area contributed by atoms with Gasteiger partial charge >= 0.3 is 0 Å². The molecule has 0 bridgehead atoms. The minimum atomic E-state index is 1.09. The van der Waals surface area contributed by atoms with Crippen LogP contribution in [0.4, 0.5) is 11.4 Å². The summed E-state index contributed by atoms with van der Waals surface area (Å²) in [6, 6.07) is 34.4. The highest BCUT2D eigenvalue weighted by Crippen LogP contribution is 2.26.